The molecular weight excluding hydrogens is 192 g/mol. The van der Waals surface area contributed by atoms with Gasteiger partial charge in [0.15, 0.2) is 4.80 Å². The van der Waals surface area contributed by atoms with E-state index in [0.29, 0.717) is 4.80 Å². The van der Waals surface area contributed by atoms with Crippen molar-refractivity contribution in [3.8, 4) is 10.4 Å². The number of thiazole rings is 1. The van der Waals surface area contributed by atoms with Crippen LogP contribution in [0.3, 0.4) is 0 Å². The van der Waals surface area contributed by atoms with Crippen LogP contribution < -0.4 is 4.80 Å². The Balaban J connectivity index is 2.64. The molecule has 2 aromatic rings. The number of benzene rings is 1. The lowest BCUT2D eigenvalue weighted by atomic mass is 10.2. The third-order valence-electron chi connectivity index (χ3n) is 2.37. The van der Waals surface area contributed by atoms with E-state index in [2.05, 4.69) is 19.1 Å². The standard InChI is InChI=1S/C11H12N2S/c1-8-10(14-11(12)13(8)2)9-6-4-3-5-7-9/h3-7,12H,1-2H3. The lowest BCUT2D eigenvalue weighted by Crippen LogP contribution is -2.08. The Labute approximate surface area is 87.0 Å². The number of aromatic nitrogens is 1. The van der Waals surface area contributed by atoms with Crippen molar-refractivity contribution in [2.24, 2.45) is 7.05 Å². The first-order valence-electron chi connectivity index (χ1n) is 4.46. The molecular formula is C11H12N2S. The van der Waals surface area contributed by atoms with Gasteiger partial charge >= 0.3 is 0 Å². The minimum atomic E-state index is 0.598. The van der Waals surface area contributed by atoms with Gasteiger partial charge < -0.3 is 4.57 Å². The fraction of sp³-hybridized carbons (Fsp3) is 0.182. The zero-order valence-corrected chi connectivity index (χ0v) is 9.06. The van der Waals surface area contributed by atoms with E-state index in [1.807, 2.05) is 29.8 Å². The number of hydrogen-bond donors (Lipinski definition) is 1. The minimum absolute atomic E-state index is 0.598. The van der Waals surface area contributed by atoms with Gasteiger partial charge in [0.2, 0.25) is 0 Å². The van der Waals surface area contributed by atoms with Crippen LogP contribution in [-0.4, -0.2) is 4.57 Å². The molecule has 0 amide bonds. The van der Waals surface area contributed by atoms with Crippen LogP contribution in [0, 0.1) is 12.3 Å². The maximum Gasteiger partial charge on any atom is 0.182 e. The van der Waals surface area contributed by atoms with Gasteiger partial charge in [-0.2, -0.15) is 0 Å². The van der Waals surface area contributed by atoms with Gasteiger partial charge in [0.1, 0.15) is 0 Å². The fourth-order valence-corrected chi connectivity index (χ4v) is 2.41. The Morgan fingerprint density at radius 3 is 2.36 bits per heavy atom. The molecule has 0 radical (unpaired) electrons. The van der Waals surface area contributed by atoms with E-state index in [1.54, 1.807) is 0 Å². The van der Waals surface area contributed by atoms with Gasteiger partial charge in [-0.25, -0.2) is 0 Å². The zero-order valence-electron chi connectivity index (χ0n) is 8.24. The number of nitrogens with one attached hydrogen (secondary N) is 1. The smallest absolute Gasteiger partial charge is 0.182 e. The summed E-state index contributed by atoms with van der Waals surface area (Å²) in [6.45, 7) is 2.05. The Bertz CT molecular complexity index is 494. The van der Waals surface area contributed by atoms with Gasteiger partial charge in [-0.1, -0.05) is 41.7 Å². The quantitative estimate of drug-likeness (QED) is 0.739. The lowest BCUT2D eigenvalue weighted by molar-refractivity contribution is 0.822. The molecule has 0 aliphatic heterocycles. The molecule has 3 heteroatoms. The molecule has 0 aliphatic rings. The maximum absolute atomic E-state index is 7.71. The third kappa shape index (κ3) is 1.40. The van der Waals surface area contributed by atoms with E-state index >= 15 is 0 Å². The van der Waals surface area contributed by atoms with Crippen molar-refractivity contribution in [1.82, 2.24) is 4.57 Å². The first kappa shape index (κ1) is 9.21. The second-order valence-electron chi connectivity index (χ2n) is 3.25. The first-order valence-corrected chi connectivity index (χ1v) is 5.28. The highest BCUT2D eigenvalue weighted by molar-refractivity contribution is 7.12. The molecule has 0 saturated carbocycles. The Morgan fingerprint density at radius 2 is 1.86 bits per heavy atom. The predicted molar refractivity (Wildman–Crippen MR) is 59.3 cm³/mol. The summed E-state index contributed by atoms with van der Waals surface area (Å²) < 4.78 is 1.91. The minimum Gasteiger partial charge on any atom is -0.324 e. The van der Waals surface area contributed by atoms with Crippen molar-refractivity contribution in [3.63, 3.8) is 0 Å². The molecule has 2 rings (SSSR count). The number of rotatable bonds is 1. The summed E-state index contributed by atoms with van der Waals surface area (Å²) in [5.41, 5.74) is 2.36. The molecule has 0 bridgehead atoms. The molecule has 1 aromatic carbocycles. The zero-order chi connectivity index (χ0) is 10.1. The molecule has 1 heterocycles. The van der Waals surface area contributed by atoms with Crippen molar-refractivity contribution in [3.05, 3.63) is 40.8 Å². The predicted octanol–water partition coefficient (Wildman–Crippen LogP) is 2.54. The summed E-state index contributed by atoms with van der Waals surface area (Å²) in [6, 6.07) is 10.2. The lowest BCUT2D eigenvalue weighted by Gasteiger charge is -1.99. The summed E-state index contributed by atoms with van der Waals surface area (Å²) in [6.07, 6.45) is 0. The highest BCUT2D eigenvalue weighted by atomic mass is 32.1. The second-order valence-corrected chi connectivity index (χ2v) is 4.25. The molecule has 2 nitrogen and oxygen atoms in total. The number of nitrogens with zero attached hydrogens (tertiary/aromatic N) is 1. The molecule has 0 saturated heterocycles. The summed E-state index contributed by atoms with van der Waals surface area (Å²) in [5.74, 6) is 0. The molecule has 0 unspecified atom stereocenters. The summed E-state index contributed by atoms with van der Waals surface area (Å²) in [5, 5.41) is 7.71. The van der Waals surface area contributed by atoms with E-state index < -0.39 is 0 Å². The normalized spacial score (nSPS) is 10.4. The van der Waals surface area contributed by atoms with E-state index in [-0.39, 0.29) is 0 Å². The molecule has 0 spiro atoms. The van der Waals surface area contributed by atoms with Crippen molar-refractivity contribution in [2.45, 2.75) is 6.92 Å². The summed E-state index contributed by atoms with van der Waals surface area (Å²) in [4.78, 5) is 1.79. The van der Waals surface area contributed by atoms with Crippen molar-refractivity contribution in [2.75, 3.05) is 0 Å². The molecule has 1 N–H and O–H groups in total. The van der Waals surface area contributed by atoms with Crippen molar-refractivity contribution < 1.29 is 0 Å². The van der Waals surface area contributed by atoms with Gasteiger partial charge in [0.05, 0.1) is 4.88 Å². The van der Waals surface area contributed by atoms with Crippen LogP contribution >= 0.6 is 11.3 Å². The van der Waals surface area contributed by atoms with Gasteiger partial charge in [-0.3, -0.25) is 5.41 Å². The summed E-state index contributed by atoms with van der Waals surface area (Å²) in [7, 11) is 1.93. The van der Waals surface area contributed by atoms with Crippen LogP contribution in [0.15, 0.2) is 30.3 Å². The highest BCUT2D eigenvalue weighted by Gasteiger charge is 2.07. The molecule has 0 fully saturated rings. The van der Waals surface area contributed by atoms with E-state index in [9.17, 15) is 0 Å². The van der Waals surface area contributed by atoms with E-state index in [4.69, 9.17) is 5.41 Å². The number of hydrogen-bond acceptors (Lipinski definition) is 2. The Morgan fingerprint density at radius 1 is 1.21 bits per heavy atom. The largest absolute Gasteiger partial charge is 0.324 e. The van der Waals surface area contributed by atoms with Crippen molar-refractivity contribution in [1.29, 1.82) is 5.41 Å². The molecule has 0 atom stereocenters. The van der Waals surface area contributed by atoms with Crippen LogP contribution in [-0.2, 0) is 7.05 Å². The van der Waals surface area contributed by atoms with Crippen LogP contribution in [0.2, 0.25) is 0 Å². The average molecular weight is 204 g/mol. The average Bonchev–Trinajstić information content (AvgIpc) is 2.47. The topological polar surface area (TPSA) is 28.8 Å². The highest BCUT2D eigenvalue weighted by Crippen LogP contribution is 2.25. The Kier molecular flexibility index (Phi) is 2.25. The fourth-order valence-electron chi connectivity index (χ4n) is 1.40. The second kappa shape index (κ2) is 3.42. The maximum atomic E-state index is 7.71. The van der Waals surface area contributed by atoms with Gasteiger partial charge in [0.25, 0.3) is 0 Å². The van der Waals surface area contributed by atoms with Gasteiger partial charge in [-0.15, -0.1) is 0 Å². The van der Waals surface area contributed by atoms with Crippen LogP contribution in [0.4, 0.5) is 0 Å². The van der Waals surface area contributed by atoms with Crippen LogP contribution in [0.25, 0.3) is 10.4 Å². The van der Waals surface area contributed by atoms with Crippen molar-refractivity contribution >= 4 is 11.3 Å². The first-order chi connectivity index (χ1) is 6.70. The van der Waals surface area contributed by atoms with E-state index in [0.717, 1.165) is 5.69 Å². The monoisotopic (exact) mass is 204 g/mol. The molecule has 14 heavy (non-hydrogen) atoms. The molecule has 72 valence electrons. The van der Waals surface area contributed by atoms with Gasteiger partial charge in [0, 0.05) is 12.7 Å². The Hall–Kier alpha value is -1.35. The van der Waals surface area contributed by atoms with Crippen LogP contribution in [0.1, 0.15) is 5.69 Å². The van der Waals surface area contributed by atoms with E-state index in [1.165, 1.54) is 21.8 Å². The van der Waals surface area contributed by atoms with Crippen LogP contribution in [0.5, 0.6) is 0 Å². The SMILES string of the molecule is Cc1c(-c2ccccc2)sc(=N)n1C. The molecule has 0 aliphatic carbocycles. The molecule has 1 aromatic heterocycles. The summed E-state index contributed by atoms with van der Waals surface area (Å²) >= 11 is 1.52. The van der Waals surface area contributed by atoms with Gasteiger partial charge in [-0.05, 0) is 12.5 Å². The third-order valence-corrected chi connectivity index (χ3v) is 3.57.